The predicted molar refractivity (Wildman–Crippen MR) is 40.4 cm³/mol. The summed E-state index contributed by atoms with van der Waals surface area (Å²) in [5, 5.41) is 31.6. The van der Waals surface area contributed by atoms with Crippen molar-refractivity contribution in [2.75, 3.05) is 0 Å². The molecule has 94 valence electrons. The van der Waals surface area contributed by atoms with E-state index < -0.39 is 0 Å². The molecule has 0 radical (unpaired) electrons. The van der Waals surface area contributed by atoms with Gasteiger partial charge in [-0.2, -0.15) is 0 Å². The van der Waals surface area contributed by atoms with Gasteiger partial charge >= 0.3 is 16.8 Å². The molecule has 0 aliphatic carbocycles. The molecule has 0 amide bonds. The van der Waals surface area contributed by atoms with Gasteiger partial charge in [0, 0.05) is 0 Å². The van der Waals surface area contributed by atoms with Crippen LogP contribution in [0.15, 0.2) is 21.4 Å². The zero-order chi connectivity index (χ0) is 10.8. The van der Waals surface area contributed by atoms with Crippen molar-refractivity contribution in [1.82, 2.24) is 12.3 Å². The Balaban J connectivity index is -0.0000000107. The van der Waals surface area contributed by atoms with E-state index in [1.165, 1.54) is 21.4 Å². The zero-order valence-electron chi connectivity index (χ0n) is 6.96. The second-order valence-corrected chi connectivity index (χ2v) is 0.327. The largest absolute Gasteiger partial charge is 3.00 e. The Morgan fingerprint density at radius 1 is 0.533 bits per heavy atom. The first-order valence-electron chi connectivity index (χ1n) is 1.53. The maximum absolute atomic E-state index is 8.11. The second kappa shape index (κ2) is 356. The Morgan fingerprint density at radius 2 is 0.533 bits per heavy atom. The molecule has 0 aliphatic rings. The standard InChI is InChI=1S/Co.4HNO2.2H3N/c;4*2-1-3;;/h;4*(H,2,3);2*1H3/q+3;;;;;;. The minimum Gasteiger partial charge on any atom is -0.379 e. The van der Waals surface area contributed by atoms with Gasteiger partial charge in [0.2, 0.25) is 0 Å². The summed E-state index contributed by atoms with van der Waals surface area (Å²) in [5.74, 6) is 0. The SMILES string of the molecule is N.N.O=NO.O=NO.O=NO.O=NO.[Co+3]. The van der Waals surface area contributed by atoms with Crippen LogP contribution in [0, 0.1) is 19.6 Å². The summed E-state index contributed by atoms with van der Waals surface area (Å²) < 4.78 is 0. The molecule has 0 fully saturated rings. The van der Waals surface area contributed by atoms with Crippen LogP contribution in [0.4, 0.5) is 0 Å². The van der Waals surface area contributed by atoms with Gasteiger partial charge in [0.25, 0.3) is 0 Å². The first-order chi connectivity index (χ1) is 5.66. The summed E-state index contributed by atoms with van der Waals surface area (Å²) in [6, 6.07) is 0. The van der Waals surface area contributed by atoms with Crippen LogP contribution in [-0.2, 0) is 16.8 Å². The maximum Gasteiger partial charge on any atom is 3.00 e. The van der Waals surface area contributed by atoms with Gasteiger partial charge in [-0.15, -0.1) is 19.6 Å². The topological polar surface area (TPSA) is 269 Å². The average Bonchev–Trinajstić information content (AvgIpc) is 1.92. The predicted octanol–water partition coefficient (Wildman–Crippen LogP) is 0.889. The Labute approximate surface area is 91.8 Å². The smallest absolute Gasteiger partial charge is 0.379 e. The minimum atomic E-state index is 0. The van der Waals surface area contributed by atoms with E-state index in [2.05, 4.69) is 0 Å². The molecule has 0 aromatic carbocycles. The Morgan fingerprint density at radius 3 is 0.533 bits per heavy atom. The summed E-state index contributed by atoms with van der Waals surface area (Å²) in [6.07, 6.45) is 0. The summed E-state index contributed by atoms with van der Waals surface area (Å²) in [6.45, 7) is 0. The van der Waals surface area contributed by atoms with E-state index in [0.29, 0.717) is 0 Å². The maximum atomic E-state index is 8.11. The fourth-order valence-electron chi connectivity index (χ4n) is 0. The van der Waals surface area contributed by atoms with Gasteiger partial charge in [-0.05, 0) is 0 Å². The van der Waals surface area contributed by atoms with Crippen LogP contribution in [0.25, 0.3) is 0 Å². The number of nitrogens with zero attached hydrogens (tertiary/aromatic N) is 4. The molecule has 0 spiro atoms. The minimum absolute atomic E-state index is 0. The first-order valence-corrected chi connectivity index (χ1v) is 1.53. The molecule has 0 saturated carbocycles. The van der Waals surface area contributed by atoms with E-state index in [-0.39, 0.29) is 29.1 Å². The van der Waals surface area contributed by atoms with Gasteiger partial charge in [0.05, 0.1) is 0 Å². The van der Waals surface area contributed by atoms with E-state index in [9.17, 15) is 0 Å². The summed E-state index contributed by atoms with van der Waals surface area (Å²) in [4.78, 5) is 32.4. The molecule has 0 heterocycles. The van der Waals surface area contributed by atoms with E-state index in [0.717, 1.165) is 0 Å². The molecule has 0 aromatic rings. The molecule has 14 nitrogen and oxygen atoms in total. The molecule has 0 rings (SSSR count). The number of hydrogen-bond donors (Lipinski definition) is 6. The van der Waals surface area contributed by atoms with Crippen LogP contribution in [-0.4, -0.2) is 20.8 Å². The van der Waals surface area contributed by atoms with E-state index >= 15 is 0 Å². The van der Waals surface area contributed by atoms with Crippen molar-refractivity contribution in [1.29, 1.82) is 0 Å². The number of hydrogen-bond acceptors (Lipinski definition) is 10. The van der Waals surface area contributed by atoms with Gasteiger partial charge in [0.1, 0.15) is 0 Å². The van der Waals surface area contributed by atoms with Crippen LogP contribution in [0.5, 0.6) is 0 Å². The van der Waals surface area contributed by atoms with Gasteiger partial charge in [-0.25, -0.2) is 0 Å². The molecule has 0 bridgehead atoms. The van der Waals surface area contributed by atoms with E-state index in [4.69, 9.17) is 40.5 Å². The molecule has 0 atom stereocenters. The van der Waals surface area contributed by atoms with Gasteiger partial charge in [-0.3, -0.25) is 0 Å². The average molecular weight is 281 g/mol. The van der Waals surface area contributed by atoms with Crippen molar-refractivity contribution in [3.63, 3.8) is 0 Å². The van der Waals surface area contributed by atoms with Crippen LogP contribution in [0.2, 0.25) is 0 Å². The first kappa shape index (κ1) is 51.9. The molecular weight excluding hydrogens is 271 g/mol. The van der Waals surface area contributed by atoms with Crippen LogP contribution in [0.3, 0.4) is 0 Å². The second-order valence-electron chi connectivity index (χ2n) is 0.327. The monoisotopic (exact) mass is 281 g/mol. The Bertz CT molecular complexity index is 73.1. The van der Waals surface area contributed by atoms with Crippen LogP contribution < -0.4 is 12.3 Å². The van der Waals surface area contributed by atoms with E-state index in [1.807, 2.05) is 0 Å². The quantitative estimate of drug-likeness (QED) is 0.269. The van der Waals surface area contributed by atoms with Gasteiger partial charge in [0.15, 0.2) is 21.4 Å². The molecule has 15 heteroatoms. The normalized spacial score (nSPS) is 3.20. The summed E-state index contributed by atoms with van der Waals surface area (Å²) >= 11 is 0. The molecule has 0 aliphatic heterocycles. The third-order valence-electron chi connectivity index (χ3n) is 0. The fourth-order valence-corrected chi connectivity index (χ4v) is 0. The van der Waals surface area contributed by atoms with Crippen molar-refractivity contribution in [3.05, 3.63) is 19.6 Å². The van der Waals surface area contributed by atoms with Crippen LogP contribution >= 0.6 is 0 Å². The van der Waals surface area contributed by atoms with E-state index in [1.54, 1.807) is 0 Å². The Hall–Kier alpha value is -1.97. The van der Waals surface area contributed by atoms with Crippen molar-refractivity contribution in [3.8, 4) is 0 Å². The van der Waals surface area contributed by atoms with Crippen molar-refractivity contribution in [2.45, 2.75) is 0 Å². The molecular formula is H10CoN6O8+3. The summed E-state index contributed by atoms with van der Waals surface area (Å²) in [5.41, 5.74) is 0. The van der Waals surface area contributed by atoms with Gasteiger partial charge in [-0.1, -0.05) is 0 Å². The molecule has 15 heavy (non-hydrogen) atoms. The third-order valence-corrected chi connectivity index (χ3v) is 0. The third kappa shape index (κ3) is 310. The van der Waals surface area contributed by atoms with Crippen molar-refractivity contribution in [2.24, 2.45) is 21.4 Å². The molecule has 0 saturated heterocycles. The zero-order valence-corrected chi connectivity index (χ0v) is 8.00. The number of rotatable bonds is 0. The Kier molecular flexibility index (Phi) is 1230. The molecule has 0 unspecified atom stereocenters. The summed E-state index contributed by atoms with van der Waals surface area (Å²) in [7, 11) is 0. The fraction of sp³-hybridized carbons (Fsp3) is 0. The van der Waals surface area contributed by atoms with Crippen LogP contribution in [0.1, 0.15) is 0 Å². The molecule has 0 aromatic heterocycles. The van der Waals surface area contributed by atoms with Crippen molar-refractivity contribution >= 4 is 0 Å². The van der Waals surface area contributed by atoms with Gasteiger partial charge < -0.3 is 33.1 Å². The molecule has 10 N–H and O–H groups in total. The van der Waals surface area contributed by atoms with Crippen molar-refractivity contribution < 1.29 is 37.6 Å².